The Morgan fingerprint density at radius 3 is 2.68 bits per heavy atom. The van der Waals surface area contributed by atoms with Gasteiger partial charge >= 0.3 is 0 Å². The SMILES string of the molecule is Fc1ccc(-c2nc(CNC3CC=CC3)cs2)cc1. The third kappa shape index (κ3) is 3.08. The number of halogens is 1. The van der Waals surface area contributed by atoms with Gasteiger partial charge in [0.05, 0.1) is 5.69 Å². The van der Waals surface area contributed by atoms with E-state index in [1.54, 1.807) is 23.5 Å². The molecule has 0 radical (unpaired) electrons. The van der Waals surface area contributed by atoms with Crippen molar-refractivity contribution in [1.29, 1.82) is 0 Å². The second kappa shape index (κ2) is 5.63. The maximum absolute atomic E-state index is 12.9. The van der Waals surface area contributed by atoms with Crippen molar-refractivity contribution in [3.8, 4) is 10.6 Å². The van der Waals surface area contributed by atoms with E-state index in [-0.39, 0.29) is 5.82 Å². The Bertz CT molecular complexity index is 566. The summed E-state index contributed by atoms with van der Waals surface area (Å²) in [6.45, 7) is 0.796. The Hall–Kier alpha value is -1.52. The molecule has 1 aliphatic rings. The van der Waals surface area contributed by atoms with Crippen molar-refractivity contribution >= 4 is 11.3 Å². The average molecular weight is 274 g/mol. The van der Waals surface area contributed by atoms with Crippen LogP contribution in [0.5, 0.6) is 0 Å². The van der Waals surface area contributed by atoms with Gasteiger partial charge in [0.2, 0.25) is 0 Å². The summed E-state index contributed by atoms with van der Waals surface area (Å²) in [5.74, 6) is -0.212. The molecular formula is C15H15FN2S. The number of benzene rings is 1. The Balaban J connectivity index is 1.64. The van der Waals surface area contributed by atoms with Gasteiger partial charge in [0.1, 0.15) is 10.8 Å². The number of hydrogen-bond donors (Lipinski definition) is 1. The van der Waals surface area contributed by atoms with E-state index in [1.165, 1.54) is 12.1 Å². The van der Waals surface area contributed by atoms with E-state index in [2.05, 4.69) is 27.8 Å². The van der Waals surface area contributed by atoms with Gasteiger partial charge in [-0.1, -0.05) is 12.2 Å². The average Bonchev–Trinajstić information content (AvgIpc) is 3.09. The molecule has 4 heteroatoms. The lowest BCUT2D eigenvalue weighted by atomic mass is 10.2. The number of thiazole rings is 1. The molecule has 98 valence electrons. The van der Waals surface area contributed by atoms with E-state index in [1.807, 2.05) is 0 Å². The van der Waals surface area contributed by atoms with Crippen LogP contribution in [0.2, 0.25) is 0 Å². The minimum atomic E-state index is -0.212. The maximum Gasteiger partial charge on any atom is 0.123 e. The van der Waals surface area contributed by atoms with Crippen molar-refractivity contribution in [2.45, 2.75) is 25.4 Å². The van der Waals surface area contributed by atoms with Crippen LogP contribution in [0.3, 0.4) is 0 Å². The minimum Gasteiger partial charge on any atom is -0.308 e. The Morgan fingerprint density at radius 1 is 1.21 bits per heavy atom. The van der Waals surface area contributed by atoms with Gasteiger partial charge < -0.3 is 5.32 Å². The summed E-state index contributed by atoms with van der Waals surface area (Å²) >= 11 is 1.60. The first kappa shape index (κ1) is 12.5. The van der Waals surface area contributed by atoms with Crippen LogP contribution in [0.25, 0.3) is 10.6 Å². The van der Waals surface area contributed by atoms with Crippen molar-refractivity contribution in [2.24, 2.45) is 0 Å². The quantitative estimate of drug-likeness (QED) is 0.859. The first-order valence-corrected chi connectivity index (χ1v) is 7.28. The Morgan fingerprint density at radius 2 is 1.95 bits per heavy atom. The highest BCUT2D eigenvalue weighted by atomic mass is 32.1. The molecule has 0 saturated heterocycles. The fraction of sp³-hybridized carbons (Fsp3) is 0.267. The van der Waals surface area contributed by atoms with Crippen LogP contribution in [-0.4, -0.2) is 11.0 Å². The summed E-state index contributed by atoms with van der Waals surface area (Å²) in [4.78, 5) is 4.58. The van der Waals surface area contributed by atoms with E-state index >= 15 is 0 Å². The van der Waals surface area contributed by atoms with E-state index in [0.717, 1.165) is 35.7 Å². The molecule has 1 aliphatic carbocycles. The van der Waals surface area contributed by atoms with Crippen LogP contribution in [-0.2, 0) is 6.54 Å². The zero-order valence-corrected chi connectivity index (χ0v) is 11.3. The third-order valence-electron chi connectivity index (χ3n) is 3.22. The lowest BCUT2D eigenvalue weighted by Crippen LogP contribution is -2.25. The largest absolute Gasteiger partial charge is 0.308 e. The standard InChI is InChI=1S/C15H15FN2S/c16-12-7-5-11(6-8-12)15-18-14(10-19-15)9-17-13-3-1-2-4-13/h1-2,5-8,10,13,17H,3-4,9H2. The van der Waals surface area contributed by atoms with Gasteiger partial charge in [-0.05, 0) is 37.1 Å². The van der Waals surface area contributed by atoms with E-state index in [0.29, 0.717) is 6.04 Å². The number of nitrogens with zero attached hydrogens (tertiary/aromatic N) is 1. The Labute approximate surface area is 116 Å². The molecule has 1 aromatic heterocycles. The normalized spacial score (nSPS) is 15.2. The zero-order valence-electron chi connectivity index (χ0n) is 10.5. The van der Waals surface area contributed by atoms with Crippen LogP contribution >= 0.6 is 11.3 Å². The second-order valence-corrected chi connectivity index (χ2v) is 5.53. The second-order valence-electron chi connectivity index (χ2n) is 4.67. The van der Waals surface area contributed by atoms with Crippen molar-refractivity contribution < 1.29 is 4.39 Å². The molecule has 3 rings (SSSR count). The minimum absolute atomic E-state index is 0.212. The van der Waals surface area contributed by atoms with Crippen LogP contribution in [0, 0.1) is 5.82 Å². The maximum atomic E-state index is 12.9. The number of rotatable bonds is 4. The lowest BCUT2D eigenvalue weighted by molar-refractivity contribution is 0.534. The summed E-state index contributed by atoms with van der Waals surface area (Å²) in [5, 5.41) is 6.50. The molecule has 0 bridgehead atoms. The van der Waals surface area contributed by atoms with Gasteiger partial charge in [-0.15, -0.1) is 11.3 Å². The predicted octanol–water partition coefficient (Wildman–Crippen LogP) is 3.76. The summed E-state index contributed by atoms with van der Waals surface area (Å²) in [6, 6.07) is 7.03. The molecule has 0 unspecified atom stereocenters. The number of nitrogens with one attached hydrogen (secondary N) is 1. The smallest absolute Gasteiger partial charge is 0.123 e. The Kier molecular flexibility index (Phi) is 3.71. The third-order valence-corrected chi connectivity index (χ3v) is 4.16. The van der Waals surface area contributed by atoms with Crippen LogP contribution < -0.4 is 5.32 Å². The predicted molar refractivity (Wildman–Crippen MR) is 76.5 cm³/mol. The zero-order chi connectivity index (χ0) is 13.1. The van der Waals surface area contributed by atoms with Gasteiger partial charge in [0, 0.05) is 23.5 Å². The highest BCUT2D eigenvalue weighted by Crippen LogP contribution is 2.24. The fourth-order valence-electron chi connectivity index (χ4n) is 2.15. The van der Waals surface area contributed by atoms with Crippen molar-refractivity contribution in [2.75, 3.05) is 0 Å². The van der Waals surface area contributed by atoms with Crippen molar-refractivity contribution in [1.82, 2.24) is 10.3 Å². The fourth-order valence-corrected chi connectivity index (χ4v) is 2.97. The van der Waals surface area contributed by atoms with E-state index in [9.17, 15) is 4.39 Å². The van der Waals surface area contributed by atoms with Gasteiger partial charge in [-0.2, -0.15) is 0 Å². The van der Waals surface area contributed by atoms with Gasteiger partial charge in [-0.25, -0.2) is 9.37 Å². The topological polar surface area (TPSA) is 24.9 Å². The van der Waals surface area contributed by atoms with Gasteiger partial charge in [0.25, 0.3) is 0 Å². The molecule has 0 aliphatic heterocycles. The van der Waals surface area contributed by atoms with E-state index < -0.39 is 0 Å². The van der Waals surface area contributed by atoms with Crippen molar-refractivity contribution in [3.63, 3.8) is 0 Å². The summed E-state index contributed by atoms with van der Waals surface area (Å²) in [6.07, 6.45) is 6.63. The van der Waals surface area contributed by atoms with E-state index in [4.69, 9.17) is 0 Å². The molecule has 1 heterocycles. The molecular weight excluding hydrogens is 259 g/mol. The van der Waals surface area contributed by atoms with Gasteiger partial charge in [-0.3, -0.25) is 0 Å². The highest BCUT2D eigenvalue weighted by Gasteiger charge is 2.10. The lowest BCUT2D eigenvalue weighted by Gasteiger charge is -2.09. The molecule has 1 aromatic carbocycles. The van der Waals surface area contributed by atoms with Gasteiger partial charge in [0.15, 0.2) is 0 Å². The van der Waals surface area contributed by atoms with Crippen LogP contribution in [0.1, 0.15) is 18.5 Å². The molecule has 0 fully saturated rings. The summed E-state index contributed by atoms with van der Waals surface area (Å²) in [7, 11) is 0. The molecule has 1 N–H and O–H groups in total. The monoisotopic (exact) mass is 274 g/mol. The number of hydrogen-bond acceptors (Lipinski definition) is 3. The molecule has 2 nitrogen and oxygen atoms in total. The molecule has 0 atom stereocenters. The van der Waals surface area contributed by atoms with Crippen LogP contribution in [0.15, 0.2) is 41.8 Å². The first-order chi connectivity index (χ1) is 9.31. The summed E-state index contributed by atoms with van der Waals surface area (Å²) < 4.78 is 12.9. The molecule has 0 amide bonds. The van der Waals surface area contributed by atoms with Crippen molar-refractivity contribution in [3.05, 3.63) is 53.3 Å². The van der Waals surface area contributed by atoms with Crippen LogP contribution in [0.4, 0.5) is 4.39 Å². The number of aromatic nitrogens is 1. The first-order valence-electron chi connectivity index (χ1n) is 6.40. The molecule has 0 saturated carbocycles. The molecule has 19 heavy (non-hydrogen) atoms. The highest BCUT2D eigenvalue weighted by molar-refractivity contribution is 7.13. The summed E-state index contributed by atoms with van der Waals surface area (Å²) in [5.41, 5.74) is 2.02. The molecule has 0 spiro atoms. The molecule has 2 aromatic rings.